The van der Waals surface area contributed by atoms with E-state index in [1.807, 2.05) is 0 Å². The Morgan fingerprint density at radius 1 is 0.244 bits per heavy atom. The van der Waals surface area contributed by atoms with Crippen LogP contribution in [0.5, 0.6) is 0 Å². The number of fused-ring (bicyclic) bond motifs is 9. The van der Waals surface area contributed by atoms with Crippen LogP contribution in [0.1, 0.15) is 69.5 Å². The molecule has 1 heteroatoms. The van der Waals surface area contributed by atoms with Gasteiger partial charge in [0, 0.05) is 16.8 Å². The summed E-state index contributed by atoms with van der Waals surface area (Å²) in [5.74, 6) is 0. The third-order valence-corrected chi connectivity index (χ3v) is 17.6. The maximum atomic E-state index is 2.55. The van der Waals surface area contributed by atoms with Crippen molar-refractivity contribution in [2.45, 2.75) is 30.1 Å². The summed E-state index contributed by atoms with van der Waals surface area (Å²) < 4.78 is 0. The van der Waals surface area contributed by atoms with Gasteiger partial charge in [-0.1, -0.05) is 281 Å². The van der Waals surface area contributed by atoms with E-state index in [2.05, 4.69) is 316 Å². The maximum Gasteiger partial charge on any atom is 0.0719 e. The molecule has 0 fully saturated rings. The van der Waals surface area contributed by atoms with E-state index in [-0.39, 0.29) is 5.41 Å². The van der Waals surface area contributed by atoms with Crippen LogP contribution in [0.25, 0.3) is 55.6 Å². The minimum Gasteiger partial charge on any atom is -0.310 e. The van der Waals surface area contributed by atoms with Crippen LogP contribution in [0.4, 0.5) is 17.1 Å². The quantitative estimate of drug-likeness (QED) is 0.139. The molecule has 0 bridgehead atoms. The van der Waals surface area contributed by atoms with Crippen molar-refractivity contribution in [2.24, 2.45) is 0 Å². The average Bonchev–Trinajstić information content (AvgIpc) is 3.52. The van der Waals surface area contributed by atoms with Crippen LogP contribution in [0.3, 0.4) is 0 Å². The lowest BCUT2D eigenvalue weighted by Crippen LogP contribution is -2.29. The Kier molecular flexibility index (Phi) is 10.4. The van der Waals surface area contributed by atoms with E-state index in [1.54, 1.807) is 0 Å². The monoisotopic (exact) mass is 993 g/mol. The van der Waals surface area contributed by atoms with Gasteiger partial charge >= 0.3 is 0 Å². The second kappa shape index (κ2) is 17.8. The molecule has 368 valence electrons. The normalized spacial score (nSPS) is 14.3. The lowest BCUT2D eigenvalue weighted by Gasteiger charge is -2.36. The van der Waals surface area contributed by atoms with Crippen LogP contribution in [0, 0.1) is 0 Å². The van der Waals surface area contributed by atoms with Crippen LogP contribution < -0.4 is 4.90 Å². The van der Waals surface area contributed by atoms with E-state index < -0.39 is 10.8 Å². The van der Waals surface area contributed by atoms with E-state index >= 15 is 0 Å². The van der Waals surface area contributed by atoms with Gasteiger partial charge in [0.15, 0.2) is 0 Å². The highest BCUT2D eigenvalue weighted by Gasteiger charge is 2.49. The SMILES string of the molecule is CC1(C)c2ccccc2-c2cccc(N(c3cccc(-c4cccc5c4C(c4ccccc4)(c4ccccc4)c4ccccc4-5)c3)c3cccc(-c4cccc5c4C(c4ccccc4)(c4ccccc4)c4ccccc4-5)c3)c21. The van der Waals surface area contributed by atoms with Crippen molar-refractivity contribution < 1.29 is 0 Å². The molecule has 0 saturated carbocycles. The smallest absolute Gasteiger partial charge is 0.0719 e. The Morgan fingerprint density at radius 3 is 0.974 bits per heavy atom. The molecule has 12 aromatic carbocycles. The second-order valence-corrected chi connectivity index (χ2v) is 21.8. The van der Waals surface area contributed by atoms with E-state index in [4.69, 9.17) is 0 Å². The molecule has 0 saturated heterocycles. The molecule has 12 aromatic rings. The van der Waals surface area contributed by atoms with Crippen molar-refractivity contribution in [3.8, 4) is 55.6 Å². The summed E-state index contributed by atoms with van der Waals surface area (Å²) in [7, 11) is 0. The first kappa shape index (κ1) is 45.8. The first-order chi connectivity index (χ1) is 38.5. The third-order valence-electron chi connectivity index (χ3n) is 17.6. The first-order valence-electron chi connectivity index (χ1n) is 27.4. The number of benzene rings is 12. The van der Waals surface area contributed by atoms with Gasteiger partial charge in [-0.2, -0.15) is 0 Å². The first-order valence-corrected chi connectivity index (χ1v) is 27.4. The molecule has 0 spiro atoms. The molecule has 0 atom stereocenters. The van der Waals surface area contributed by atoms with Crippen molar-refractivity contribution >= 4 is 17.1 Å². The fraction of sp³-hybridized carbons (Fsp3) is 0.0649. The van der Waals surface area contributed by atoms with Crippen LogP contribution in [-0.2, 0) is 16.2 Å². The van der Waals surface area contributed by atoms with Crippen molar-refractivity contribution in [1.29, 1.82) is 0 Å². The summed E-state index contributed by atoms with van der Waals surface area (Å²) >= 11 is 0. The summed E-state index contributed by atoms with van der Waals surface area (Å²) in [6.45, 7) is 4.81. The summed E-state index contributed by atoms with van der Waals surface area (Å²) in [4.78, 5) is 2.55. The highest BCUT2D eigenvalue weighted by atomic mass is 15.1. The van der Waals surface area contributed by atoms with Gasteiger partial charge < -0.3 is 4.90 Å². The Labute approximate surface area is 458 Å². The predicted molar refractivity (Wildman–Crippen MR) is 324 cm³/mol. The zero-order valence-electron chi connectivity index (χ0n) is 43.7. The molecule has 3 aliphatic carbocycles. The van der Waals surface area contributed by atoms with Crippen LogP contribution in [-0.4, -0.2) is 0 Å². The largest absolute Gasteiger partial charge is 0.310 e. The number of anilines is 3. The number of nitrogens with zero attached hydrogens (tertiary/aromatic N) is 1. The van der Waals surface area contributed by atoms with E-state index in [0.717, 1.165) is 11.4 Å². The van der Waals surface area contributed by atoms with Crippen LogP contribution >= 0.6 is 0 Å². The van der Waals surface area contributed by atoms with Crippen molar-refractivity contribution in [1.82, 2.24) is 0 Å². The number of rotatable bonds is 9. The molecular weight excluding hydrogens is 939 g/mol. The van der Waals surface area contributed by atoms with Gasteiger partial charge in [0.05, 0.1) is 16.5 Å². The Morgan fingerprint density at radius 2 is 0.551 bits per heavy atom. The maximum absolute atomic E-state index is 2.55. The molecule has 0 aliphatic heterocycles. The van der Waals surface area contributed by atoms with Crippen LogP contribution in [0.15, 0.2) is 297 Å². The van der Waals surface area contributed by atoms with Crippen molar-refractivity contribution in [3.63, 3.8) is 0 Å². The van der Waals surface area contributed by atoms with Gasteiger partial charge in [0.1, 0.15) is 0 Å². The molecule has 0 unspecified atom stereocenters. The lowest BCUT2D eigenvalue weighted by atomic mass is 9.66. The van der Waals surface area contributed by atoms with Gasteiger partial charge in [-0.05, 0) is 142 Å². The molecular formula is C77H55N. The summed E-state index contributed by atoms with van der Waals surface area (Å²) in [6.07, 6.45) is 0. The van der Waals surface area contributed by atoms with Gasteiger partial charge in [-0.3, -0.25) is 0 Å². The molecule has 0 N–H and O–H groups in total. The van der Waals surface area contributed by atoms with Gasteiger partial charge in [-0.25, -0.2) is 0 Å². The molecule has 78 heavy (non-hydrogen) atoms. The minimum absolute atomic E-state index is 0.274. The number of hydrogen-bond donors (Lipinski definition) is 0. The Balaban J connectivity index is 0.975. The molecule has 1 nitrogen and oxygen atoms in total. The van der Waals surface area contributed by atoms with Crippen LogP contribution in [0.2, 0.25) is 0 Å². The molecule has 0 aromatic heterocycles. The zero-order chi connectivity index (χ0) is 52.0. The minimum atomic E-state index is -0.560. The Bertz CT molecular complexity index is 3980. The van der Waals surface area contributed by atoms with Crippen molar-refractivity contribution in [3.05, 3.63) is 353 Å². The van der Waals surface area contributed by atoms with Gasteiger partial charge in [0.2, 0.25) is 0 Å². The fourth-order valence-electron chi connectivity index (χ4n) is 14.5. The van der Waals surface area contributed by atoms with E-state index in [0.29, 0.717) is 0 Å². The standard InChI is InChI=1S/C77H55N/c1-75(2)68-46-18-15-38-62(68)67-45-25-49-71(74(67)75)78(58-36-21-26-52(50-58)60-41-23-43-65-63-39-16-19-47-69(63)76(72(60)65,54-28-7-3-8-29-54)55-30-9-4-10-31-55)59-37-22-27-53(51-59)61-42-24-44-66-64-40-17-20-48-70(64)77(73(61)66,56-32-11-5-12-33-56)57-34-13-6-14-35-57/h3-51H,1-2H3. The molecule has 0 radical (unpaired) electrons. The molecule has 0 amide bonds. The van der Waals surface area contributed by atoms with E-state index in [9.17, 15) is 0 Å². The lowest BCUT2D eigenvalue weighted by molar-refractivity contribution is 0.661. The Hall–Kier alpha value is -9.56. The predicted octanol–water partition coefficient (Wildman–Crippen LogP) is 19.5. The molecule has 0 heterocycles. The van der Waals surface area contributed by atoms with Gasteiger partial charge in [0.25, 0.3) is 0 Å². The molecule has 15 rings (SSSR count). The highest BCUT2D eigenvalue weighted by Crippen LogP contribution is 2.61. The number of hydrogen-bond acceptors (Lipinski definition) is 1. The molecule has 3 aliphatic rings. The average molecular weight is 994 g/mol. The second-order valence-electron chi connectivity index (χ2n) is 21.8. The topological polar surface area (TPSA) is 3.24 Å². The van der Waals surface area contributed by atoms with Crippen molar-refractivity contribution in [2.75, 3.05) is 4.90 Å². The summed E-state index contributed by atoms with van der Waals surface area (Å²) in [6, 6.07) is 111. The fourth-order valence-corrected chi connectivity index (χ4v) is 14.5. The zero-order valence-corrected chi connectivity index (χ0v) is 43.7. The summed E-state index contributed by atoms with van der Waals surface area (Å²) in [5, 5.41) is 0. The third kappa shape index (κ3) is 6.49. The highest BCUT2D eigenvalue weighted by molar-refractivity contribution is 5.97. The van der Waals surface area contributed by atoms with E-state index in [1.165, 1.54) is 117 Å². The summed E-state index contributed by atoms with van der Waals surface area (Å²) in [5.41, 5.74) is 27.3. The van der Waals surface area contributed by atoms with Gasteiger partial charge in [-0.15, -0.1) is 0 Å².